The third-order valence-electron chi connectivity index (χ3n) is 6.51. The minimum Gasteiger partial charge on any atom is -0.349 e. The summed E-state index contributed by atoms with van der Waals surface area (Å²) >= 11 is 0. The van der Waals surface area contributed by atoms with Crippen LogP contribution in [0.2, 0.25) is 0 Å². The highest BCUT2D eigenvalue weighted by Gasteiger charge is 2.54. The van der Waals surface area contributed by atoms with Crippen molar-refractivity contribution in [3.63, 3.8) is 0 Å². The molecule has 1 N–H and O–H groups in total. The zero-order chi connectivity index (χ0) is 15.3. The van der Waals surface area contributed by atoms with Gasteiger partial charge in [-0.05, 0) is 68.1 Å². The Balaban J connectivity index is 1.53. The van der Waals surface area contributed by atoms with Crippen LogP contribution in [0.4, 0.5) is 0 Å². The topological polar surface area (TPSA) is 46.9 Å². The first-order valence-corrected chi connectivity index (χ1v) is 8.87. The van der Waals surface area contributed by atoms with Gasteiger partial charge >= 0.3 is 0 Å². The summed E-state index contributed by atoms with van der Waals surface area (Å²) in [5.74, 6) is 2.83. The molecule has 0 spiro atoms. The molecule has 22 heavy (non-hydrogen) atoms. The molecule has 4 nitrogen and oxygen atoms in total. The average molecular weight is 301 g/mol. The lowest BCUT2D eigenvalue weighted by atomic mass is 9.47. The van der Waals surface area contributed by atoms with Crippen molar-refractivity contribution in [2.45, 2.75) is 57.9 Å². The van der Waals surface area contributed by atoms with Crippen molar-refractivity contribution in [1.29, 1.82) is 0 Å². The monoisotopic (exact) mass is 301 g/mol. The smallest absolute Gasteiger partial charge is 0.254 e. The van der Waals surface area contributed by atoms with Crippen LogP contribution in [0.5, 0.6) is 0 Å². The molecule has 1 atom stereocenters. The van der Waals surface area contributed by atoms with E-state index in [0.717, 1.165) is 24.2 Å². The fourth-order valence-electron chi connectivity index (χ4n) is 6.07. The number of rotatable bonds is 4. The minimum atomic E-state index is 0.0516. The highest BCUT2D eigenvalue weighted by atomic mass is 16.1. The number of hydrogen-bond donors (Lipinski definition) is 1. The second-order valence-corrected chi connectivity index (χ2v) is 8.12. The minimum absolute atomic E-state index is 0.0516. The SMILES string of the molecule is CC[C@H](NC(=O)c1cnn(C)c1)C12CC3CC(CC(C3)C1)C2. The summed E-state index contributed by atoms with van der Waals surface area (Å²) in [4.78, 5) is 12.6. The van der Waals surface area contributed by atoms with Crippen LogP contribution >= 0.6 is 0 Å². The lowest BCUT2D eigenvalue weighted by molar-refractivity contribution is -0.0727. The fourth-order valence-corrected chi connectivity index (χ4v) is 6.07. The van der Waals surface area contributed by atoms with Gasteiger partial charge < -0.3 is 5.32 Å². The van der Waals surface area contributed by atoms with Gasteiger partial charge in [0.2, 0.25) is 0 Å². The highest BCUT2D eigenvalue weighted by molar-refractivity contribution is 5.93. The maximum Gasteiger partial charge on any atom is 0.254 e. The summed E-state index contributed by atoms with van der Waals surface area (Å²) in [6, 6.07) is 0.327. The first-order chi connectivity index (χ1) is 10.6. The van der Waals surface area contributed by atoms with Gasteiger partial charge in [-0.25, -0.2) is 0 Å². The van der Waals surface area contributed by atoms with Crippen molar-refractivity contribution in [3.05, 3.63) is 18.0 Å². The molecule has 0 unspecified atom stereocenters. The summed E-state index contributed by atoms with van der Waals surface area (Å²) in [5.41, 5.74) is 1.06. The van der Waals surface area contributed by atoms with Gasteiger partial charge in [-0.2, -0.15) is 5.10 Å². The Bertz CT molecular complexity index is 541. The Kier molecular flexibility index (Phi) is 3.31. The summed E-state index contributed by atoms with van der Waals surface area (Å²) < 4.78 is 1.70. The molecular weight excluding hydrogens is 274 g/mol. The average Bonchev–Trinajstić information content (AvgIpc) is 2.89. The highest BCUT2D eigenvalue weighted by Crippen LogP contribution is 2.61. The zero-order valence-corrected chi connectivity index (χ0v) is 13.7. The molecule has 0 aromatic carbocycles. The number of nitrogens with zero attached hydrogens (tertiary/aromatic N) is 2. The summed E-state index contributed by atoms with van der Waals surface area (Å²) in [6.45, 7) is 2.23. The Hall–Kier alpha value is -1.32. The Morgan fingerprint density at radius 2 is 1.91 bits per heavy atom. The molecule has 1 amide bonds. The predicted molar refractivity (Wildman–Crippen MR) is 85.4 cm³/mol. The Morgan fingerprint density at radius 3 is 2.36 bits per heavy atom. The van der Waals surface area contributed by atoms with Crippen LogP contribution in [0.3, 0.4) is 0 Å². The molecule has 4 aliphatic carbocycles. The van der Waals surface area contributed by atoms with E-state index in [2.05, 4.69) is 17.3 Å². The van der Waals surface area contributed by atoms with E-state index >= 15 is 0 Å². The number of aromatic nitrogens is 2. The van der Waals surface area contributed by atoms with Crippen LogP contribution in [0.25, 0.3) is 0 Å². The molecule has 4 aliphatic rings. The van der Waals surface area contributed by atoms with Crippen LogP contribution in [-0.4, -0.2) is 21.7 Å². The zero-order valence-electron chi connectivity index (χ0n) is 13.7. The predicted octanol–water partition coefficient (Wildman–Crippen LogP) is 3.14. The number of nitrogens with one attached hydrogen (secondary N) is 1. The van der Waals surface area contributed by atoms with Crippen molar-refractivity contribution < 1.29 is 4.79 Å². The maximum atomic E-state index is 12.6. The summed E-state index contributed by atoms with van der Waals surface area (Å²) in [6.07, 6.45) is 12.9. The van der Waals surface area contributed by atoms with Crippen molar-refractivity contribution in [1.82, 2.24) is 15.1 Å². The van der Waals surface area contributed by atoms with E-state index in [-0.39, 0.29) is 5.91 Å². The van der Waals surface area contributed by atoms with Gasteiger partial charge in [0.1, 0.15) is 0 Å². The summed E-state index contributed by atoms with van der Waals surface area (Å²) in [7, 11) is 1.85. The number of aryl methyl sites for hydroxylation is 1. The second kappa shape index (κ2) is 5.10. The number of amides is 1. The molecule has 4 bridgehead atoms. The van der Waals surface area contributed by atoms with Crippen molar-refractivity contribution in [2.75, 3.05) is 0 Å². The summed E-state index contributed by atoms with van der Waals surface area (Å²) in [5, 5.41) is 7.48. The van der Waals surface area contributed by atoms with Gasteiger partial charge in [0.05, 0.1) is 11.8 Å². The van der Waals surface area contributed by atoms with Crippen LogP contribution < -0.4 is 5.32 Å². The molecule has 5 rings (SSSR count). The van der Waals surface area contributed by atoms with E-state index in [1.807, 2.05) is 13.2 Å². The molecule has 0 saturated heterocycles. The largest absolute Gasteiger partial charge is 0.349 e. The molecule has 4 saturated carbocycles. The molecule has 120 valence electrons. The van der Waals surface area contributed by atoms with Crippen LogP contribution in [0.15, 0.2) is 12.4 Å². The molecule has 4 fully saturated rings. The van der Waals surface area contributed by atoms with Crippen molar-refractivity contribution in [2.24, 2.45) is 30.2 Å². The van der Waals surface area contributed by atoms with E-state index in [1.54, 1.807) is 10.9 Å². The number of carbonyl (C=O) groups is 1. The van der Waals surface area contributed by atoms with Gasteiger partial charge in [0.15, 0.2) is 0 Å². The van der Waals surface area contributed by atoms with Gasteiger partial charge in [-0.3, -0.25) is 9.48 Å². The van der Waals surface area contributed by atoms with Crippen LogP contribution in [-0.2, 0) is 7.05 Å². The third kappa shape index (κ3) is 2.27. The third-order valence-corrected chi connectivity index (χ3v) is 6.51. The molecular formula is C18H27N3O. The molecule has 0 radical (unpaired) electrons. The van der Waals surface area contributed by atoms with Gasteiger partial charge in [0, 0.05) is 19.3 Å². The molecule has 1 heterocycles. The Morgan fingerprint density at radius 1 is 1.32 bits per heavy atom. The second-order valence-electron chi connectivity index (χ2n) is 8.12. The lowest BCUT2D eigenvalue weighted by Gasteiger charge is -2.59. The van der Waals surface area contributed by atoms with Gasteiger partial charge in [0.25, 0.3) is 5.91 Å². The van der Waals surface area contributed by atoms with E-state index in [0.29, 0.717) is 17.0 Å². The van der Waals surface area contributed by atoms with E-state index < -0.39 is 0 Å². The normalized spacial score (nSPS) is 37.3. The molecule has 4 heteroatoms. The van der Waals surface area contributed by atoms with E-state index in [4.69, 9.17) is 0 Å². The quantitative estimate of drug-likeness (QED) is 0.928. The van der Waals surface area contributed by atoms with Crippen LogP contribution in [0, 0.1) is 23.2 Å². The molecule has 0 aliphatic heterocycles. The molecule has 1 aromatic rings. The maximum absolute atomic E-state index is 12.6. The van der Waals surface area contributed by atoms with Crippen molar-refractivity contribution in [3.8, 4) is 0 Å². The van der Waals surface area contributed by atoms with Crippen LogP contribution in [0.1, 0.15) is 62.2 Å². The standard InChI is InChI=1S/C18H27N3O/c1-3-16(20-17(22)15-10-19-21(2)11-15)18-7-12-4-13(8-18)6-14(5-12)9-18/h10-14,16H,3-9H2,1-2H3,(H,20,22)/t12?,13?,14?,16-,18?/m0/s1. The van der Waals surface area contributed by atoms with E-state index in [1.165, 1.54) is 38.5 Å². The molecule has 1 aromatic heterocycles. The van der Waals surface area contributed by atoms with Gasteiger partial charge in [-0.1, -0.05) is 6.92 Å². The number of hydrogen-bond acceptors (Lipinski definition) is 2. The van der Waals surface area contributed by atoms with Crippen molar-refractivity contribution >= 4 is 5.91 Å². The lowest BCUT2D eigenvalue weighted by Crippen LogP contribution is -2.56. The first kappa shape index (κ1) is 14.3. The number of carbonyl (C=O) groups excluding carboxylic acids is 1. The van der Waals surface area contributed by atoms with Gasteiger partial charge in [-0.15, -0.1) is 0 Å². The fraction of sp³-hybridized carbons (Fsp3) is 0.778. The first-order valence-electron chi connectivity index (χ1n) is 8.87. The van der Waals surface area contributed by atoms with E-state index in [9.17, 15) is 4.79 Å². The Labute approximate surface area is 132 Å².